The van der Waals surface area contributed by atoms with Gasteiger partial charge in [-0.25, -0.2) is 9.78 Å². The highest BCUT2D eigenvalue weighted by Gasteiger charge is 2.31. The molecule has 0 spiro atoms. The van der Waals surface area contributed by atoms with Gasteiger partial charge in [-0.3, -0.25) is 24.2 Å². The first-order chi connectivity index (χ1) is 17.8. The van der Waals surface area contributed by atoms with E-state index in [4.69, 9.17) is 22.3 Å². The molecule has 16 heteroatoms. The molecule has 0 radical (unpaired) electrons. The monoisotopic (exact) mass is 539 g/mol. The molecule has 0 aromatic carbocycles. The SMILES string of the molecule is CC(C)C(NC(=O)C(CCCN=C(N)N)NC(=O)C(Cc1cnc[nH]1)NC(=O)C(N)CCC(=O)O)C(=O)O. The molecular formula is C22H37N9O7. The van der Waals surface area contributed by atoms with Crippen molar-refractivity contribution in [1.82, 2.24) is 25.9 Å². The van der Waals surface area contributed by atoms with Gasteiger partial charge in [0, 0.05) is 31.3 Å². The Morgan fingerprint density at radius 1 is 1.00 bits per heavy atom. The molecule has 0 aliphatic heterocycles. The van der Waals surface area contributed by atoms with Crippen molar-refractivity contribution in [2.45, 2.75) is 70.1 Å². The average Bonchev–Trinajstić information content (AvgIpc) is 3.34. The van der Waals surface area contributed by atoms with Crippen LogP contribution in [0.25, 0.3) is 0 Å². The molecule has 0 aliphatic rings. The largest absolute Gasteiger partial charge is 0.481 e. The lowest BCUT2D eigenvalue weighted by atomic mass is 10.0. The Balaban J connectivity index is 3.09. The standard InChI is InChI=1S/C22H37N9O7/c1-11(2)17(21(37)38)31-19(35)14(4-3-7-27-22(24)25)29-20(36)15(8-12-9-26-10-28-12)30-18(34)13(23)5-6-16(32)33/h9-11,13-15,17H,3-8,23H2,1-2H3,(H,26,28)(H,29,36)(H,30,34)(H,31,35)(H,32,33)(H,37,38)(H4,24,25,27). The van der Waals surface area contributed by atoms with Crippen molar-refractivity contribution in [3.63, 3.8) is 0 Å². The van der Waals surface area contributed by atoms with Crippen LogP contribution in [0.5, 0.6) is 0 Å². The number of nitrogens with zero attached hydrogens (tertiary/aromatic N) is 2. The van der Waals surface area contributed by atoms with E-state index in [1.54, 1.807) is 13.8 Å². The van der Waals surface area contributed by atoms with Crippen molar-refractivity contribution >= 4 is 35.6 Å². The maximum absolute atomic E-state index is 13.2. The first-order valence-electron chi connectivity index (χ1n) is 12.0. The van der Waals surface area contributed by atoms with Crippen molar-refractivity contribution in [3.05, 3.63) is 18.2 Å². The van der Waals surface area contributed by atoms with E-state index < -0.39 is 59.7 Å². The minimum atomic E-state index is -1.24. The van der Waals surface area contributed by atoms with Crippen LogP contribution < -0.4 is 33.2 Å². The summed E-state index contributed by atoms with van der Waals surface area (Å²) in [5.41, 5.74) is 16.9. The van der Waals surface area contributed by atoms with E-state index in [-0.39, 0.29) is 44.6 Å². The number of nitrogens with one attached hydrogen (secondary N) is 4. The molecule has 0 saturated heterocycles. The van der Waals surface area contributed by atoms with Crippen LogP contribution in [0, 0.1) is 5.92 Å². The van der Waals surface area contributed by atoms with E-state index >= 15 is 0 Å². The van der Waals surface area contributed by atoms with Crippen LogP contribution in [0.4, 0.5) is 0 Å². The number of aromatic amines is 1. The Bertz CT molecular complexity index is 978. The van der Waals surface area contributed by atoms with E-state index in [1.807, 2.05) is 0 Å². The second-order valence-electron chi connectivity index (χ2n) is 8.96. The number of carbonyl (C=O) groups is 5. The summed E-state index contributed by atoms with van der Waals surface area (Å²) in [5.74, 6) is -5.21. The van der Waals surface area contributed by atoms with Gasteiger partial charge >= 0.3 is 11.9 Å². The van der Waals surface area contributed by atoms with Crippen molar-refractivity contribution in [1.29, 1.82) is 0 Å². The zero-order valence-corrected chi connectivity index (χ0v) is 21.3. The molecule has 3 amide bonds. The molecule has 12 N–H and O–H groups in total. The summed E-state index contributed by atoms with van der Waals surface area (Å²) >= 11 is 0. The summed E-state index contributed by atoms with van der Waals surface area (Å²) in [6.45, 7) is 3.39. The van der Waals surface area contributed by atoms with Crippen LogP contribution in [-0.4, -0.2) is 86.5 Å². The average molecular weight is 540 g/mol. The first-order valence-corrected chi connectivity index (χ1v) is 12.0. The molecule has 212 valence electrons. The topological polar surface area (TPSA) is 281 Å². The summed E-state index contributed by atoms with van der Waals surface area (Å²) in [7, 11) is 0. The summed E-state index contributed by atoms with van der Waals surface area (Å²) in [5, 5.41) is 25.7. The van der Waals surface area contributed by atoms with Crippen LogP contribution in [-0.2, 0) is 30.4 Å². The first kappa shape index (κ1) is 31.8. The van der Waals surface area contributed by atoms with E-state index in [0.717, 1.165) is 0 Å². The Hall–Kier alpha value is -4.21. The van der Waals surface area contributed by atoms with E-state index in [0.29, 0.717) is 5.69 Å². The lowest BCUT2D eigenvalue weighted by Crippen LogP contribution is -2.58. The maximum Gasteiger partial charge on any atom is 0.326 e. The molecule has 0 saturated carbocycles. The fraction of sp³-hybridized carbons (Fsp3) is 0.591. The van der Waals surface area contributed by atoms with Gasteiger partial charge in [-0.15, -0.1) is 0 Å². The number of carboxylic acids is 2. The number of rotatable bonds is 17. The fourth-order valence-corrected chi connectivity index (χ4v) is 3.33. The number of carboxylic acid groups (broad SMARTS) is 2. The van der Waals surface area contributed by atoms with Crippen LogP contribution in [0.3, 0.4) is 0 Å². The molecule has 0 fully saturated rings. The van der Waals surface area contributed by atoms with Gasteiger partial charge < -0.3 is 48.3 Å². The second kappa shape index (κ2) is 15.8. The number of hydrogen-bond acceptors (Lipinski definition) is 8. The minimum Gasteiger partial charge on any atom is -0.481 e. The number of amides is 3. The molecule has 4 unspecified atom stereocenters. The Morgan fingerprint density at radius 3 is 2.16 bits per heavy atom. The van der Waals surface area contributed by atoms with Gasteiger partial charge in [0.25, 0.3) is 0 Å². The highest BCUT2D eigenvalue weighted by Crippen LogP contribution is 2.07. The third-order valence-corrected chi connectivity index (χ3v) is 5.43. The van der Waals surface area contributed by atoms with Crippen LogP contribution in [0.15, 0.2) is 17.5 Å². The molecule has 1 aromatic heterocycles. The van der Waals surface area contributed by atoms with E-state index in [2.05, 4.69) is 30.9 Å². The van der Waals surface area contributed by atoms with Crippen molar-refractivity contribution in [2.75, 3.05) is 6.54 Å². The Labute approximate surface area is 219 Å². The number of hydrogen-bond donors (Lipinski definition) is 9. The number of H-pyrrole nitrogens is 1. The quantitative estimate of drug-likeness (QED) is 0.0561. The van der Waals surface area contributed by atoms with Crippen LogP contribution in [0.2, 0.25) is 0 Å². The predicted octanol–water partition coefficient (Wildman–Crippen LogP) is -2.61. The minimum absolute atomic E-state index is 0.0463. The molecule has 1 heterocycles. The van der Waals surface area contributed by atoms with Gasteiger partial charge in [-0.05, 0) is 25.2 Å². The molecule has 0 aliphatic carbocycles. The summed E-state index contributed by atoms with van der Waals surface area (Å²) in [4.78, 5) is 71.7. The summed E-state index contributed by atoms with van der Waals surface area (Å²) in [6, 6.07) is -4.79. The second-order valence-corrected chi connectivity index (χ2v) is 8.96. The Morgan fingerprint density at radius 2 is 1.63 bits per heavy atom. The van der Waals surface area contributed by atoms with E-state index in [9.17, 15) is 29.1 Å². The molecule has 1 rings (SSSR count). The zero-order valence-electron chi connectivity index (χ0n) is 21.3. The fourth-order valence-electron chi connectivity index (χ4n) is 3.33. The van der Waals surface area contributed by atoms with Gasteiger partial charge in [0.2, 0.25) is 17.7 Å². The van der Waals surface area contributed by atoms with Crippen molar-refractivity contribution in [2.24, 2.45) is 28.1 Å². The molecule has 4 atom stereocenters. The number of aliphatic carboxylic acids is 2. The molecule has 16 nitrogen and oxygen atoms in total. The number of nitrogens with two attached hydrogens (primary N) is 3. The molecule has 38 heavy (non-hydrogen) atoms. The van der Waals surface area contributed by atoms with Crippen molar-refractivity contribution in [3.8, 4) is 0 Å². The highest BCUT2D eigenvalue weighted by molar-refractivity contribution is 5.94. The van der Waals surface area contributed by atoms with Gasteiger partial charge in [0.1, 0.15) is 18.1 Å². The molecule has 0 bridgehead atoms. The predicted molar refractivity (Wildman–Crippen MR) is 135 cm³/mol. The Kier molecular flexibility index (Phi) is 13.2. The van der Waals surface area contributed by atoms with Crippen LogP contribution >= 0.6 is 0 Å². The van der Waals surface area contributed by atoms with Crippen LogP contribution in [0.1, 0.15) is 45.2 Å². The maximum atomic E-state index is 13.2. The zero-order chi connectivity index (χ0) is 28.8. The summed E-state index contributed by atoms with van der Waals surface area (Å²) in [6.07, 6.45) is 2.61. The van der Waals surface area contributed by atoms with E-state index in [1.165, 1.54) is 12.5 Å². The normalized spacial score (nSPS) is 14.0. The van der Waals surface area contributed by atoms with Crippen molar-refractivity contribution < 1.29 is 34.2 Å². The lowest BCUT2D eigenvalue weighted by Gasteiger charge is -2.26. The number of guanidine groups is 1. The third-order valence-electron chi connectivity index (χ3n) is 5.43. The van der Waals surface area contributed by atoms with Gasteiger partial charge in [0.15, 0.2) is 5.96 Å². The number of imidazole rings is 1. The summed E-state index contributed by atoms with van der Waals surface area (Å²) < 4.78 is 0. The van der Waals surface area contributed by atoms with Gasteiger partial charge in [0.05, 0.1) is 12.4 Å². The van der Waals surface area contributed by atoms with Gasteiger partial charge in [-0.2, -0.15) is 0 Å². The number of carbonyl (C=O) groups excluding carboxylic acids is 3. The number of aliphatic imine (C=N–C) groups is 1. The highest BCUT2D eigenvalue weighted by atomic mass is 16.4. The smallest absolute Gasteiger partial charge is 0.326 e. The molecule has 1 aromatic rings. The lowest BCUT2D eigenvalue weighted by molar-refractivity contribution is -0.143. The third kappa shape index (κ3) is 11.7. The molecular weight excluding hydrogens is 502 g/mol. The van der Waals surface area contributed by atoms with Gasteiger partial charge in [-0.1, -0.05) is 13.8 Å². The number of aromatic nitrogens is 2.